The topological polar surface area (TPSA) is 56.8 Å². The van der Waals surface area contributed by atoms with Gasteiger partial charge in [0.1, 0.15) is 5.75 Å². The quantitative estimate of drug-likeness (QED) is 0.845. The molecule has 0 fully saturated rings. The minimum Gasteiger partial charge on any atom is -0.497 e. The van der Waals surface area contributed by atoms with Gasteiger partial charge in [0.2, 0.25) is 0 Å². The molecule has 5 nitrogen and oxygen atoms in total. The van der Waals surface area contributed by atoms with E-state index in [4.69, 9.17) is 14.2 Å². The number of carbonyl (C=O) groups excluding carboxylic acids is 1. The first kappa shape index (κ1) is 17.7. The molecule has 0 unspecified atom stereocenters. The Hall–Kier alpha value is -2.69. The predicted octanol–water partition coefficient (Wildman–Crippen LogP) is 3.42. The van der Waals surface area contributed by atoms with Crippen LogP contribution in [0.3, 0.4) is 0 Å². The Bertz CT molecular complexity index is 698. The molecule has 0 aliphatic heterocycles. The average Bonchev–Trinajstić information content (AvgIpc) is 2.60. The fourth-order valence-electron chi connectivity index (χ4n) is 2.22. The molecule has 0 saturated carbocycles. The summed E-state index contributed by atoms with van der Waals surface area (Å²) in [5.41, 5.74) is 1.49. The molecule has 0 radical (unpaired) electrons. The Morgan fingerprint density at radius 1 is 1.04 bits per heavy atom. The molecule has 0 aliphatic carbocycles. The number of amides is 1. The molecule has 0 saturated heterocycles. The van der Waals surface area contributed by atoms with E-state index in [2.05, 4.69) is 5.32 Å². The number of nitrogens with one attached hydrogen (secondary N) is 1. The lowest BCUT2D eigenvalue weighted by Crippen LogP contribution is -2.22. The van der Waals surface area contributed by atoms with Crippen LogP contribution in [0.4, 0.5) is 0 Å². The number of hydrogen-bond acceptors (Lipinski definition) is 4. The Labute approximate surface area is 142 Å². The van der Waals surface area contributed by atoms with Gasteiger partial charge in [-0.05, 0) is 49.7 Å². The molecule has 0 aliphatic rings. The molecule has 128 valence electrons. The summed E-state index contributed by atoms with van der Waals surface area (Å²) in [6, 6.07) is 12.7. The minimum atomic E-state index is -0.157. The zero-order valence-corrected chi connectivity index (χ0v) is 14.5. The van der Waals surface area contributed by atoms with Gasteiger partial charge in [0, 0.05) is 12.1 Å². The van der Waals surface area contributed by atoms with Gasteiger partial charge in [-0.1, -0.05) is 12.1 Å². The lowest BCUT2D eigenvalue weighted by atomic mass is 10.1. The van der Waals surface area contributed by atoms with Crippen LogP contribution < -0.4 is 19.5 Å². The van der Waals surface area contributed by atoms with Gasteiger partial charge >= 0.3 is 0 Å². The van der Waals surface area contributed by atoms with E-state index in [0.717, 1.165) is 5.56 Å². The summed E-state index contributed by atoms with van der Waals surface area (Å²) in [5, 5.41) is 2.89. The first-order valence-electron chi connectivity index (χ1n) is 7.79. The maximum atomic E-state index is 12.2. The lowest BCUT2D eigenvalue weighted by Gasteiger charge is -2.14. The third-order valence-electron chi connectivity index (χ3n) is 3.38. The molecule has 2 rings (SSSR count). The van der Waals surface area contributed by atoms with Crippen molar-refractivity contribution < 1.29 is 19.0 Å². The summed E-state index contributed by atoms with van der Waals surface area (Å²) in [6.45, 7) is 4.32. The van der Waals surface area contributed by atoms with Gasteiger partial charge in [-0.3, -0.25) is 4.79 Å². The Morgan fingerprint density at radius 2 is 1.83 bits per heavy atom. The highest BCUT2D eigenvalue weighted by Gasteiger charge is 2.10. The second-order valence-corrected chi connectivity index (χ2v) is 5.57. The van der Waals surface area contributed by atoms with Crippen LogP contribution in [0.25, 0.3) is 0 Å². The molecule has 0 aromatic heterocycles. The summed E-state index contributed by atoms with van der Waals surface area (Å²) in [5.74, 6) is 1.84. The predicted molar refractivity (Wildman–Crippen MR) is 92.9 cm³/mol. The standard InChI is InChI=1S/C19H23NO4/c1-13(2)24-17-9-8-14(10-18(17)23-4)12-20-19(21)15-6-5-7-16(11-15)22-3/h5-11,13H,12H2,1-4H3,(H,20,21). The fraction of sp³-hybridized carbons (Fsp3) is 0.316. The zero-order valence-electron chi connectivity index (χ0n) is 14.5. The Kier molecular flexibility index (Phi) is 6.07. The van der Waals surface area contributed by atoms with E-state index in [0.29, 0.717) is 29.4 Å². The monoisotopic (exact) mass is 329 g/mol. The molecule has 2 aromatic rings. The van der Waals surface area contributed by atoms with Gasteiger partial charge in [-0.2, -0.15) is 0 Å². The summed E-state index contributed by atoms with van der Waals surface area (Å²) in [4.78, 5) is 12.2. The van der Waals surface area contributed by atoms with Crippen LogP contribution in [-0.2, 0) is 6.54 Å². The normalized spacial score (nSPS) is 10.4. The maximum Gasteiger partial charge on any atom is 0.251 e. The number of carbonyl (C=O) groups is 1. The molecule has 24 heavy (non-hydrogen) atoms. The van der Waals surface area contributed by atoms with E-state index in [9.17, 15) is 4.79 Å². The van der Waals surface area contributed by atoms with Crippen molar-refractivity contribution in [3.05, 3.63) is 53.6 Å². The SMILES string of the molecule is COc1cccc(C(=O)NCc2ccc(OC(C)C)c(OC)c2)c1. The highest BCUT2D eigenvalue weighted by Crippen LogP contribution is 2.29. The van der Waals surface area contributed by atoms with Crippen molar-refractivity contribution in [2.75, 3.05) is 14.2 Å². The lowest BCUT2D eigenvalue weighted by molar-refractivity contribution is 0.0950. The van der Waals surface area contributed by atoms with Crippen molar-refractivity contribution >= 4 is 5.91 Å². The Balaban J connectivity index is 2.04. The van der Waals surface area contributed by atoms with Gasteiger partial charge < -0.3 is 19.5 Å². The molecule has 0 atom stereocenters. The van der Waals surface area contributed by atoms with Crippen molar-refractivity contribution in [2.45, 2.75) is 26.5 Å². The second-order valence-electron chi connectivity index (χ2n) is 5.57. The maximum absolute atomic E-state index is 12.2. The van der Waals surface area contributed by atoms with Gasteiger partial charge in [-0.25, -0.2) is 0 Å². The van der Waals surface area contributed by atoms with Crippen molar-refractivity contribution in [3.63, 3.8) is 0 Å². The summed E-state index contributed by atoms with van der Waals surface area (Å²) in [7, 11) is 3.17. The molecule has 2 aromatic carbocycles. The van der Waals surface area contributed by atoms with Crippen LogP contribution in [0, 0.1) is 0 Å². The van der Waals surface area contributed by atoms with Crippen molar-refractivity contribution in [1.82, 2.24) is 5.32 Å². The first-order chi connectivity index (χ1) is 11.5. The van der Waals surface area contributed by atoms with Gasteiger partial charge in [0.25, 0.3) is 5.91 Å². The van der Waals surface area contributed by atoms with Crippen LogP contribution in [0.1, 0.15) is 29.8 Å². The highest BCUT2D eigenvalue weighted by molar-refractivity contribution is 5.94. The van der Waals surface area contributed by atoms with Crippen molar-refractivity contribution in [1.29, 1.82) is 0 Å². The molecule has 0 spiro atoms. The van der Waals surface area contributed by atoms with Crippen LogP contribution in [-0.4, -0.2) is 26.2 Å². The molecule has 0 heterocycles. The van der Waals surface area contributed by atoms with Crippen LogP contribution in [0.15, 0.2) is 42.5 Å². The van der Waals surface area contributed by atoms with E-state index in [1.165, 1.54) is 0 Å². The van der Waals surface area contributed by atoms with Crippen LogP contribution >= 0.6 is 0 Å². The average molecular weight is 329 g/mol. The molecular weight excluding hydrogens is 306 g/mol. The fourth-order valence-corrected chi connectivity index (χ4v) is 2.22. The van der Waals surface area contributed by atoms with Gasteiger partial charge in [0.15, 0.2) is 11.5 Å². The highest BCUT2D eigenvalue weighted by atomic mass is 16.5. The Morgan fingerprint density at radius 3 is 2.50 bits per heavy atom. The van der Waals surface area contributed by atoms with Crippen LogP contribution in [0.5, 0.6) is 17.2 Å². The number of benzene rings is 2. The number of ether oxygens (including phenoxy) is 3. The molecular formula is C19H23NO4. The summed E-state index contributed by atoms with van der Waals surface area (Å²) < 4.78 is 16.2. The molecule has 5 heteroatoms. The summed E-state index contributed by atoms with van der Waals surface area (Å²) in [6.07, 6.45) is 0.0671. The number of rotatable bonds is 7. The van der Waals surface area contributed by atoms with E-state index in [1.54, 1.807) is 38.5 Å². The minimum absolute atomic E-state index is 0.0671. The van der Waals surface area contributed by atoms with Crippen molar-refractivity contribution in [3.8, 4) is 17.2 Å². The first-order valence-corrected chi connectivity index (χ1v) is 7.79. The van der Waals surface area contributed by atoms with Gasteiger partial charge in [-0.15, -0.1) is 0 Å². The zero-order chi connectivity index (χ0) is 17.5. The largest absolute Gasteiger partial charge is 0.497 e. The second kappa shape index (κ2) is 8.24. The van der Waals surface area contributed by atoms with E-state index >= 15 is 0 Å². The third kappa shape index (κ3) is 4.65. The van der Waals surface area contributed by atoms with Gasteiger partial charge in [0.05, 0.1) is 20.3 Å². The van der Waals surface area contributed by atoms with E-state index in [1.807, 2.05) is 32.0 Å². The smallest absolute Gasteiger partial charge is 0.251 e. The molecule has 1 amide bonds. The third-order valence-corrected chi connectivity index (χ3v) is 3.38. The number of hydrogen-bond donors (Lipinski definition) is 1. The van der Waals surface area contributed by atoms with Crippen LogP contribution in [0.2, 0.25) is 0 Å². The molecule has 1 N–H and O–H groups in total. The number of methoxy groups -OCH3 is 2. The summed E-state index contributed by atoms with van der Waals surface area (Å²) >= 11 is 0. The van der Waals surface area contributed by atoms with E-state index < -0.39 is 0 Å². The van der Waals surface area contributed by atoms with E-state index in [-0.39, 0.29) is 12.0 Å². The molecule has 0 bridgehead atoms. The van der Waals surface area contributed by atoms with Crippen molar-refractivity contribution in [2.24, 2.45) is 0 Å².